The van der Waals surface area contributed by atoms with Crippen LogP contribution in [0.1, 0.15) is 19.1 Å². The van der Waals surface area contributed by atoms with Gasteiger partial charge in [0.1, 0.15) is 10.9 Å². The Kier molecular flexibility index (Phi) is 2.49. The van der Waals surface area contributed by atoms with Gasteiger partial charge in [-0.1, -0.05) is 12.2 Å². The van der Waals surface area contributed by atoms with E-state index in [-0.39, 0.29) is 11.9 Å². The average Bonchev–Trinajstić information content (AvgIpc) is 2.51. The van der Waals surface area contributed by atoms with E-state index in [1.54, 1.807) is 12.3 Å². The molecule has 2 heterocycles. The molecule has 1 aromatic rings. The molecule has 6 heteroatoms. The van der Waals surface area contributed by atoms with Crippen molar-refractivity contribution in [2.75, 3.05) is 0 Å². The van der Waals surface area contributed by atoms with E-state index in [2.05, 4.69) is 4.98 Å². The first kappa shape index (κ1) is 9.57. The number of aliphatic hydroxyl groups is 1. The fraction of sp³-hybridized carbons (Fsp3) is 0.500. The van der Waals surface area contributed by atoms with Crippen LogP contribution in [0.15, 0.2) is 17.1 Å². The first-order chi connectivity index (χ1) is 6.66. The lowest BCUT2D eigenvalue weighted by molar-refractivity contribution is -0.113. The molecule has 0 amide bonds. The van der Waals surface area contributed by atoms with Crippen LogP contribution in [0, 0.1) is 4.64 Å². The number of aromatic nitrogens is 2. The largest absolute Gasteiger partial charge is 0.368 e. The van der Waals surface area contributed by atoms with E-state index in [1.165, 1.54) is 4.57 Å². The van der Waals surface area contributed by atoms with Crippen LogP contribution in [-0.4, -0.2) is 20.9 Å². The maximum absolute atomic E-state index is 11.4. The molecule has 76 valence electrons. The SMILES string of the molecule is O=c1[nH]c(=S)ccn1C1CC[C@@H](O)O1. The van der Waals surface area contributed by atoms with Gasteiger partial charge in [-0.25, -0.2) is 4.79 Å². The van der Waals surface area contributed by atoms with Crippen molar-refractivity contribution in [3.8, 4) is 0 Å². The lowest BCUT2D eigenvalue weighted by Crippen LogP contribution is -2.26. The summed E-state index contributed by atoms with van der Waals surface area (Å²) in [6.07, 6.45) is 1.60. The topological polar surface area (TPSA) is 67.2 Å². The van der Waals surface area contributed by atoms with Crippen LogP contribution in [0.2, 0.25) is 0 Å². The van der Waals surface area contributed by atoms with Gasteiger partial charge in [0.25, 0.3) is 0 Å². The zero-order chi connectivity index (χ0) is 10.1. The summed E-state index contributed by atoms with van der Waals surface area (Å²) in [5, 5.41) is 9.14. The number of ether oxygens (including phenoxy) is 1. The maximum atomic E-state index is 11.4. The van der Waals surface area contributed by atoms with Crippen molar-refractivity contribution in [1.29, 1.82) is 0 Å². The number of aromatic amines is 1. The van der Waals surface area contributed by atoms with E-state index >= 15 is 0 Å². The zero-order valence-electron chi connectivity index (χ0n) is 7.34. The zero-order valence-corrected chi connectivity index (χ0v) is 8.16. The molecule has 1 aliphatic heterocycles. The highest BCUT2D eigenvalue weighted by atomic mass is 32.1. The Labute approximate surface area is 85.0 Å². The van der Waals surface area contributed by atoms with E-state index < -0.39 is 6.29 Å². The van der Waals surface area contributed by atoms with Gasteiger partial charge in [-0.05, 0) is 12.5 Å². The number of aliphatic hydroxyl groups excluding tert-OH is 1. The van der Waals surface area contributed by atoms with Crippen LogP contribution in [0.3, 0.4) is 0 Å². The van der Waals surface area contributed by atoms with E-state index in [0.29, 0.717) is 17.5 Å². The predicted octanol–water partition coefficient (Wildman–Crippen LogP) is 0.533. The average molecular weight is 214 g/mol. The molecule has 0 spiro atoms. The molecule has 2 N–H and O–H groups in total. The Hall–Kier alpha value is -0.980. The van der Waals surface area contributed by atoms with Gasteiger partial charge in [0.2, 0.25) is 0 Å². The van der Waals surface area contributed by atoms with E-state index in [4.69, 9.17) is 22.1 Å². The highest BCUT2D eigenvalue weighted by molar-refractivity contribution is 7.71. The molecule has 1 unspecified atom stereocenters. The summed E-state index contributed by atoms with van der Waals surface area (Å²) in [6, 6.07) is 1.62. The molecule has 1 aromatic heterocycles. The molecule has 2 atom stereocenters. The van der Waals surface area contributed by atoms with Crippen LogP contribution in [0.5, 0.6) is 0 Å². The molecule has 5 nitrogen and oxygen atoms in total. The number of H-pyrrole nitrogens is 1. The number of nitrogens with one attached hydrogen (secondary N) is 1. The highest BCUT2D eigenvalue weighted by Gasteiger charge is 2.24. The van der Waals surface area contributed by atoms with Crippen molar-refractivity contribution in [2.45, 2.75) is 25.4 Å². The van der Waals surface area contributed by atoms with E-state index in [1.807, 2.05) is 0 Å². The molecular weight excluding hydrogens is 204 g/mol. The van der Waals surface area contributed by atoms with Crippen LogP contribution in [-0.2, 0) is 4.74 Å². The summed E-state index contributed by atoms with van der Waals surface area (Å²) < 4.78 is 6.92. The van der Waals surface area contributed by atoms with Gasteiger partial charge in [-0.15, -0.1) is 0 Å². The molecule has 0 bridgehead atoms. The quantitative estimate of drug-likeness (QED) is 0.669. The van der Waals surface area contributed by atoms with E-state index in [0.717, 1.165) is 0 Å². The number of hydrogen-bond acceptors (Lipinski definition) is 4. The van der Waals surface area contributed by atoms with Crippen molar-refractivity contribution in [3.05, 3.63) is 27.4 Å². The predicted molar refractivity (Wildman–Crippen MR) is 51.2 cm³/mol. The third-order valence-corrected chi connectivity index (χ3v) is 2.37. The molecule has 0 saturated carbocycles. The standard InChI is InChI=1S/C8H10N2O3S/c11-7-2-1-6(13-7)10-4-3-5(14)9-8(10)12/h3-4,6-7,11H,1-2H2,(H,9,12,14)/t6?,7-/m0/s1. The van der Waals surface area contributed by atoms with Gasteiger partial charge in [-0.3, -0.25) is 9.55 Å². The van der Waals surface area contributed by atoms with Crippen LogP contribution in [0.25, 0.3) is 0 Å². The summed E-state index contributed by atoms with van der Waals surface area (Å²) >= 11 is 4.80. The van der Waals surface area contributed by atoms with E-state index in [9.17, 15) is 4.79 Å². The lowest BCUT2D eigenvalue weighted by Gasteiger charge is -2.12. The van der Waals surface area contributed by atoms with Gasteiger partial charge in [0.05, 0.1) is 0 Å². The molecule has 1 saturated heterocycles. The van der Waals surface area contributed by atoms with Gasteiger partial charge in [0, 0.05) is 12.6 Å². The molecule has 0 aromatic carbocycles. The molecule has 0 aliphatic carbocycles. The first-order valence-electron chi connectivity index (χ1n) is 4.32. The summed E-state index contributed by atoms with van der Waals surface area (Å²) in [5.41, 5.74) is -0.309. The fourth-order valence-electron chi connectivity index (χ4n) is 1.46. The normalized spacial score (nSPS) is 26.6. The minimum Gasteiger partial charge on any atom is -0.368 e. The molecule has 2 rings (SSSR count). The van der Waals surface area contributed by atoms with Gasteiger partial charge >= 0.3 is 5.69 Å². The van der Waals surface area contributed by atoms with Crippen LogP contribution >= 0.6 is 12.2 Å². The third kappa shape index (κ3) is 1.77. The second kappa shape index (κ2) is 3.64. The Bertz CT molecular complexity index is 439. The monoisotopic (exact) mass is 214 g/mol. The summed E-state index contributed by atoms with van der Waals surface area (Å²) in [5.74, 6) is 0. The molecule has 1 aliphatic rings. The second-order valence-electron chi connectivity index (χ2n) is 3.14. The van der Waals surface area contributed by atoms with Crippen molar-refractivity contribution < 1.29 is 9.84 Å². The summed E-state index contributed by atoms with van der Waals surface area (Å²) in [7, 11) is 0. The van der Waals surface area contributed by atoms with Crippen molar-refractivity contribution in [3.63, 3.8) is 0 Å². The minimum atomic E-state index is -0.768. The Morgan fingerprint density at radius 1 is 1.64 bits per heavy atom. The Morgan fingerprint density at radius 2 is 2.43 bits per heavy atom. The molecular formula is C8H10N2O3S. The molecule has 1 fully saturated rings. The van der Waals surface area contributed by atoms with Gasteiger partial charge in [-0.2, -0.15) is 0 Å². The Balaban J connectivity index is 2.33. The van der Waals surface area contributed by atoms with Crippen molar-refractivity contribution in [1.82, 2.24) is 9.55 Å². The number of hydrogen-bond donors (Lipinski definition) is 2. The highest BCUT2D eigenvalue weighted by Crippen LogP contribution is 2.24. The smallest absolute Gasteiger partial charge is 0.328 e. The van der Waals surface area contributed by atoms with Crippen molar-refractivity contribution in [2.24, 2.45) is 0 Å². The van der Waals surface area contributed by atoms with Crippen molar-refractivity contribution >= 4 is 12.2 Å². The molecule has 14 heavy (non-hydrogen) atoms. The second-order valence-corrected chi connectivity index (χ2v) is 3.58. The third-order valence-electron chi connectivity index (χ3n) is 2.14. The Morgan fingerprint density at radius 3 is 3.00 bits per heavy atom. The van der Waals surface area contributed by atoms with Gasteiger partial charge in [0.15, 0.2) is 6.29 Å². The summed E-state index contributed by atoms with van der Waals surface area (Å²) in [4.78, 5) is 13.9. The summed E-state index contributed by atoms with van der Waals surface area (Å²) in [6.45, 7) is 0. The fourth-order valence-corrected chi connectivity index (χ4v) is 1.61. The minimum absolute atomic E-state index is 0.309. The van der Waals surface area contributed by atoms with Gasteiger partial charge < -0.3 is 9.84 Å². The number of nitrogens with zero attached hydrogens (tertiary/aromatic N) is 1. The maximum Gasteiger partial charge on any atom is 0.328 e. The first-order valence-corrected chi connectivity index (χ1v) is 4.72. The van der Waals surface area contributed by atoms with Crippen LogP contribution < -0.4 is 5.69 Å². The van der Waals surface area contributed by atoms with Crippen LogP contribution in [0.4, 0.5) is 0 Å². The molecule has 0 radical (unpaired) electrons. The lowest BCUT2D eigenvalue weighted by atomic mass is 10.3. The number of rotatable bonds is 1.